The highest BCUT2D eigenvalue weighted by molar-refractivity contribution is 6.50. The Kier molecular flexibility index (Phi) is 2.29. The minimum atomic E-state index is -1.04. The lowest BCUT2D eigenvalue weighted by Gasteiger charge is -1.95. The maximum Gasteiger partial charge on any atom is 0.302 e. The molecule has 0 atom stereocenters. The molecule has 1 heterocycles. The van der Waals surface area contributed by atoms with Crippen molar-refractivity contribution in [1.29, 1.82) is 5.26 Å². The van der Waals surface area contributed by atoms with Gasteiger partial charge in [-0.2, -0.15) is 5.26 Å². The lowest BCUT2D eigenvalue weighted by molar-refractivity contribution is -0.110. The van der Waals surface area contributed by atoms with Crippen LogP contribution in [0.1, 0.15) is 15.9 Å². The van der Waals surface area contributed by atoms with Crippen LogP contribution in [0.25, 0.3) is 10.9 Å². The van der Waals surface area contributed by atoms with Crippen LogP contribution < -0.4 is 0 Å². The summed E-state index contributed by atoms with van der Waals surface area (Å²) in [6, 6.07) is 6.82. The number of carbonyl (C=O) groups is 2. The summed E-state index contributed by atoms with van der Waals surface area (Å²) in [5.41, 5.74) is 2.09. The molecule has 2 rings (SSSR count). The number of nitrogens with zero attached hydrogens (tertiary/aromatic N) is 1. The van der Waals surface area contributed by atoms with Gasteiger partial charge in [0.1, 0.15) is 6.07 Å². The van der Waals surface area contributed by atoms with E-state index in [1.54, 1.807) is 6.07 Å². The molecule has 0 saturated heterocycles. The third-order valence-corrected chi connectivity index (χ3v) is 2.39. The summed E-state index contributed by atoms with van der Waals surface area (Å²) in [4.78, 5) is 25.4. The number of hydrogen-bond acceptors (Lipinski definition) is 3. The van der Waals surface area contributed by atoms with Crippen LogP contribution in [-0.2, 0) is 4.79 Å². The van der Waals surface area contributed by atoms with Crippen molar-refractivity contribution in [2.24, 2.45) is 0 Å². The Morgan fingerprint density at radius 2 is 2.12 bits per heavy atom. The van der Waals surface area contributed by atoms with Gasteiger partial charge in [0.15, 0.2) is 0 Å². The first-order valence-electron chi connectivity index (χ1n) is 4.70. The van der Waals surface area contributed by atoms with E-state index in [4.69, 9.17) is 5.26 Å². The SMILES string of the molecule is Cc1ccc2c(C(=O)C(=O)C#N)c[nH]c2c1. The van der Waals surface area contributed by atoms with Crippen LogP contribution in [0.3, 0.4) is 0 Å². The molecular formula is C12H8N2O2. The number of H-pyrrole nitrogens is 1. The number of fused-ring (bicyclic) bond motifs is 1. The van der Waals surface area contributed by atoms with Gasteiger partial charge in [-0.05, 0) is 18.6 Å². The predicted molar refractivity (Wildman–Crippen MR) is 58.0 cm³/mol. The van der Waals surface area contributed by atoms with Crippen LogP contribution in [0.4, 0.5) is 0 Å². The Morgan fingerprint density at radius 1 is 1.38 bits per heavy atom. The monoisotopic (exact) mass is 212 g/mol. The van der Waals surface area contributed by atoms with Gasteiger partial charge in [-0.3, -0.25) is 9.59 Å². The number of benzene rings is 1. The summed E-state index contributed by atoms with van der Waals surface area (Å²) in [6.45, 7) is 1.93. The topological polar surface area (TPSA) is 73.7 Å². The zero-order chi connectivity index (χ0) is 11.7. The van der Waals surface area contributed by atoms with Crippen molar-refractivity contribution in [3.8, 4) is 6.07 Å². The Bertz CT molecular complexity index is 632. The molecule has 0 spiro atoms. The van der Waals surface area contributed by atoms with E-state index in [9.17, 15) is 9.59 Å². The average molecular weight is 212 g/mol. The normalized spacial score (nSPS) is 10.0. The van der Waals surface area contributed by atoms with Crippen molar-refractivity contribution in [3.05, 3.63) is 35.5 Å². The quantitative estimate of drug-likeness (QED) is 0.468. The summed E-state index contributed by atoms with van der Waals surface area (Å²) in [5, 5.41) is 9.06. The molecule has 4 nitrogen and oxygen atoms in total. The van der Waals surface area contributed by atoms with E-state index in [2.05, 4.69) is 4.98 Å². The van der Waals surface area contributed by atoms with Gasteiger partial charge in [-0.1, -0.05) is 12.1 Å². The molecule has 0 aliphatic heterocycles. The van der Waals surface area contributed by atoms with Crippen molar-refractivity contribution in [2.45, 2.75) is 6.92 Å². The number of nitrogens with one attached hydrogen (secondary N) is 1. The van der Waals surface area contributed by atoms with Crippen LogP contribution in [0.5, 0.6) is 0 Å². The first-order chi connectivity index (χ1) is 7.63. The molecule has 0 aliphatic carbocycles. The molecular weight excluding hydrogens is 204 g/mol. The van der Waals surface area contributed by atoms with Gasteiger partial charge in [0.2, 0.25) is 5.78 Å². The van der Waals surface area contributed by atoms with Crippen molar-refractivity contribution < 1.29 is 9.59 Å². The Balaban J connectivity index is 2.60. The number of Topliss-reactive ketones (excluding diaryl/α,β-unsaturated/α-hetero) is 2. The maximum absolute atomic E-state index is 11.5. The highest BCUT2D eigenvalue weighted by atomic mass is 16.2. The molecule has 0 radical (unpaired) electrons. The minimum absolute atomic E-state index is 0.251. The molecule has 1 aromatic heterocycles. The van der Waals surface area contributed by atoms with E-state index in [-0.39, 0.29) is 5.56 Å². The molecule has 0 aliphatic rings. The van der Waals surface area contributed by atoms with E-state index >= 15 is 0 Å². The summed E-state index contributed by atoms with van der Waals surface area (Å²) < 4.78 is 0. The zero-order valence-electron chi connectivity index (χ0n) is 8.57. The van der Waals surface area contributed by atoms with Gasteiger partial charge in [-0.15, -0.1) is 0 Å². The fourth-order valence-electron chi connectivity index (χ4n) is 1.60. The highest BCUT2D eigenvalue weighted by Crippen LogP contribution is 2.19. The third kappa shape index (κ3) is 1.48. The lowest BCUT2D eigenvalue weighted by atomic mass is 10.1. The van der Waals surface area contributed by atoms with Gasteiger partial charge in [0.25, 0.3) is 0 Å². The predicted octanol–water partition coefficient (Wildman–Crippen LogP) is 1.75. The third-order valence-electron chi connectivity index (χ3n) is 2.39. The fourth-order valence-corrected chi connectivity index (χ4v) is 1.60. The van der Waals surface area contributed by atoms with Crippen LogP contribution in [0.2, 0.25) is 0 Å². The standard InChI is InChI=1S/C12H8N2O2/c1-7-2-3-8-9(6-14-10(8)4-7)12(16)11(15)5-13/h2-4,6,14H,1H3. The van der Waals surface area contributed by atoms with Crippen LogP contribution in [-0.4, -0.2) is 16.6 Å². The van der Waals surface area contributed by atoms with Crippen LogP contribution >= 0.6 is 0 Å². The smallest absolute Gasteiger partial charge is 0.302 e. The summed E-state index contributed by atoms with van der Waals surface area (Å²) in [5.74, 6) is -1.81. The molecule has 0 amide bonds. The van der Waals surface area contributed by atoms with Crippen molar-refractivity contribution in [1.82, 2.24) is 4.98 Å². The van der Waals surface area contributed by atoms with Gasteiger partial charge >= 0.3 is 5.78 Å². The summed E-state index contributed by atoms with van der Waals surface area (Å²) in [6.07, 6.45) is 1.46. The number of hydrogen-bond donors (Lipinski definition) is 1. The first-order valence-corrected chi connectivity index (χ1v) is 4.70. The van der Waals surface area contributed by atoms with Gasteiger partial charge in [0.05, 0.1) is 5.56 Å². The Morgan fingerprint density at radius 3 is 2.81 bits per heavy atom. The number of aromatic amines is 1. The second-order valence-corrected chi connectivity index (χ2v) is 3.52. The number of aromatic nitrogens is 1. The van der Waals surface area contributed by atoms with E-state index in [0.717, 1.165) is 11.1 Å². The van der Waals surface area contributed by atoms with Crippen molar-refractivity contribution in [2.75, 3.05) is 0 Å². The van der Waals surface area contributed by atoms with E-state index in [0.29, 0.717) is 5.39 Å². The van der Waals surface area contributed by atoms with Crippen molar-refractivity contribution in [3.63, 3.8) is 0 Å². The molecule has 0 unspecified atom stereocenters. The van der Waals surface area contributed by atoms with Crippen molar-refractivity contribution >= 4 is 22.5 Å². The second kappa shape index (κ2) is 3.63. The zero-order valence-corrected chi connectivity index (χ0v) is 8.57. The average Bonchev–Trinajstić information content (AvgIpc) is 2.69. The molecule has 2 aromatic rings. The number of nitriles is 1. The fraction of sp³-hybridized carbons (Fsp3) is 0.0833. The van der Waals surface area contributed by atoms with Crippen LogP contribution in [0.15, 0.2) is 24.4 Å². The molecule has 0 saturated carbocycles. The van der Waals surface area contributed by atoms with Gasteiger partial charge < -0.3 is 4.98 Å². The minimum Gasteiger partial charge on any atom is -0.360 e. The van der Waals surface area contributed by atoms with E-state index in [1.807, 2.05) is 19.1 Å². The second-order valence-electron chi connectivity index (χ2n) is 3.52. The molecule has 0 fully saturated rings. The molecule has 1 N–H and O–H groups in total. The number of ketones is 2. The van der Waals surface area contributed by atoms with Gasteiger partial charge in [-0.25, -0.2) is 0 Å². The largest absolute Gasteiger partial charge is 0.360 e. The Labute approximate surface area is 91.5 Å². The molecule has 4 heteroatoms. The Hall–Kier alpha value is -2.41. The van der Waals surface area contributed by atoms with Gasteiger partial charge in [0, 0.05) is 17.1 Å². The maximum atomic E-state index is 11.5. The molecule has 16 heavy (non-hydrogen) atoms. The number of rotatable bonds is 2. The lowest BCUT2D eigenvalue weighted by Crippen LogP contribution is -2.10. The number of aryl methyl sites for hydroxylation is 1. The summed E-state index contributed by atoms with van der Waals surface area (Å²) >= 11 is 0. The highest BCUT2D eigenvalue weighted by Gasteiger charge is 2.19. The molecule has 0 bridgehead atoms. The first kappa shape index (κ1) is 10.1. The summed E-state index contributed by atoms with van der Waals surface area (Å²) in [7, 11) is 0. The molecule has 78 valence electrons. The van der Waals surface area contributed by atoms with E-state index in [1.165, 1.54) is 12.3 Å². The van der Waals surface area contributed by atoms with E-state index < -0.39 is 11.6 Å². The van der Waals surface area contributed by atoms with Crippen LogP contribution in [0, 0.1) is 18.3 Å². The molecule has 1 aromatic carbocycles. The number of carbonyl (C=O) groups excluding carboxylic acids is 2.